The molecule has 0 atom stereocenters. The Kier molecular flexibility index (Phi) is 6.35. The van der Waals surface area contributed by atoms with Crippen LogP contribution in [0.4, 0.5) is 10.3 Å². The van der Waals surface area contributed by atoms with Gasteiger partial charge in [-0.05, 0) is 36.6 Å². The summed E-state index contributed by atoms with van der Waals surface area (Å²) in [6, 6.07) is 8.62. The molecule has 26 heavy (non-hydrogen) atoms. The van der Waals surface area contributed by atoms with Crippen molar-refractivity contribution in [1.29, 1.82) is 0 Å². The van der Waals surface area contributed by atoms with E-state index in [0.29, 0.717) is 0 Å². The summed E-state index contributed by atoms with van der Waals surface area (Å²) in [5.41, 5.74) is 1.03. The zero-order valence-corrected chi connectivity index (χ0v) is 15.1. The van der Waals surface area contributed by atoms with Crippen LogP contribution in [-0.2, 0) is 6.42 Å². The molecule has 1 saturated heterocycles. The summed E-state index contributed by atoms with van der Waals surface area (Å²) in [6.07, 6.45) is 5.32. The number of aryl methyl sites for hydroxylation is 1. The minimum atomic E-state index is -0.175. The Labute approximate surface area is 153 Å². The van der Waals surface area contributed by atoms with Crippen molar-refractivity contribution in [2.24, 2.45) is 4.99 Å². The lowest BCUT2D eigenvalue weighted by molar-refractivity contribution is 0.370. The van der Waals surface area contributed by atoms with E-state index in [-0.39, 0.29) is 5.82 Å². The maximum atomic E-state index is 13.2. The lowest BCUT2D eigenvalue weighted by Crippen LogP contribution is -2.53. The van der Waals surface area contributed by atoms with Crippen LogP contribution in [0.5, 0.6) is 0 Å². The van der Waals surface area contributed by atoms with E-state index < -0.39 is 0 Å². The first-order chi connectivity index (χ1) is 12.8. The molecule has 0 aliphatic carbocycles. The van der Waals surface area contributed by atoms with Gasteiger partial charge in [-0.3, -0.25) is 4.99 Å². The number of anilines is 1. The topological polar surface area (TPSA) is 56.7 Å². The molecule has 0 amide bonds. The summed E-state index contributed by atoms with van der Waals surface area (Å²) in [7, 11) is 1.81. The largest absolute Gasteiger partial charge is 0.356 e. The van der Waals surface area contributed by atoms with Crippen LogP contribution in [0.2, 0.25) is 0 Å². The van der Waals surface area contributed by atoms with Gasteiger partial charge in [0.05, 0.1) is 0 Å². The van der Waals surface area contributed by atoms with Gasteiger partial charge < -0.3 is 15.1 Å². The van der Waals surface area contributed by atoms with Gasteiger partial charge in [-0.25, -0.2) is 14.4 Å². The normalized spacial score (nSPS) is 15.2. The third kappa shape index (κ3) is 4.91. The summed E-state index contributed by atoms with van der Waals surface area (Å²) >= 11 is 0. The molecule has 6 nitrogen and oxygen atoms in total. The number of hydrogen-bond acceptors (Lipinski definition) is 4. The van der Waals surface area contributed by atoms with Crippen molar-refractivity contribution >= 4 is 11.9 Å². The molecule has 0 unspecified atom stereocenters. The van der Waals surface area contributed by atoms with Crippen LogP contribution in [0.1, 0.15) is 12.0 Å². The predicted molar refractivity (Wildman–Crippen MR) is 102 cm³/mol. The number of benzene rings is 1. The zero-order valence-electron chi connectivity index (χ0n) is 15.1. The summed E-state index contributed by atoms with van der Waals surface area (Å²) in [4.78, 5) is 17.5. The average Bonchev–Trinajstić information content (AvgIpc) is 2.69. The van der Waals surface area contributed by atoms with Crippen LogP contribution in [0.3, 0.4) is 0 Å². The first kappa shape index (κ1) is 18.1. The van der Waals surface area contributed by atoms with E-state index in [1.54, 1.807) is 24.5 Å². The third-order valence-corrected chi connectivity index (χ3v) is 4.44. The van der Waals surface area contributed by atoms with E-state index in [1.165, 1.54) is 6.07 Å². The number of guanidine groups is 1. The number of rotatable bonds is 5. The summed E-state index contributed by atoms with van der Waals surface area (Å²) in [5.74, 6) is 1.52. The lowest BCUT2D eigenvalue weighted by Gasteiger charge is -2.36. The standard InChI is InChI=1S/C19H25FN6/c1-21-18(22-8-3-6-16-5-2-7-17(20)15-16)25-11-13-26(14-12-25)19-23-9-4-10-24-19/h2,4-5,7,9-10,15H,3,6,8,11-14H2,1H3,(H,21,22). The minimum Gasteiger partial charge on any atom is -0.356 e. The van der Waals surface area contributed by atoms with Crippen LogP contribution in [0, 0.1) is 5.82 Å². The van der Waals surface area contributed by atoms with Gasteiger partial charge in [-0.1, -0.05) is 12.1 Å². The highest BCUT2D eigenvalue weighted by Crippen LogP contribution is 2.10. The van der Waals surface area contributed by atoms with Crippen molar-refractivity contribution < 1.29 is 4.39 Å². The van der Waals surface area contributed by atoms with Crippen LogP contribution >= 0.6 is 0 Å². The molecule has 138 valence electrons. The quantitative estimate of drug-likeness (QED) is 0.504. The van der Waals surface area contributed by atoms with Crippen LogP contribution in [0.15, 0.2) is 47.7 Å². The Hall–Kier alpha value is -2.70. The van der Waals surface area contributed by atoms with Gasteiger partial charge in [-0.15, -0.1) is 0 Å². The first-order valence-corrected chi connectivity index (χ1v) is 8.98. The molecule has 1 aliphatic rings. The summed E-state index contributed by atoms with van der Waals surface area (Å²) < 4.78 is 13.2. The van der Waals surface area contributed by atoms with E-state index in [0.717, 1.165) is 63.0 Å². The minimum absolute atomic E-state index is 0.175. The third-order valence-electron chi connectivity index (χ3n) is 4.44. The Balaban J connectivity index is 1.42. The maximum Gasteiger partial charge on any atom is 0.225 e. The molecule has 1 aromatic heterocycles. The van der Waals surface area contributed by atoms with E-state index in [4.69, 9.17) is 0 Å². The van der Waals surface area contributed by atoms with Crippen molar-refractivity contribution in [3.05, 3.63) is 54.1 Å². The number of hydrogen-bond donors (Lipinski definition) is 1. The Morgan fingerprint density at radius 3 is 2.62 bits per heavy atom. The smallest absolute Gasteiger partial charge is 0.225 e. The van der Waals surface area contributed by atoms with E-state index in [9.17, 15) is 4.39 Å². The van der Waals surface area contributed by atoms with Gasteiger partial charge in [0.15, 0.2) is 5.96 Å². The monoisotopic (exact) mass is 356 g/mol. The summed E-state index contributed by atoms with van der Waals surface area (Å²) in [5, 5.41) is 3.41. The molecule has 2 aromatic rings. The highest BCUT2D eigenvalue weighted by molar-refractivity contribution is 5.80. The second kappa shape index (κ2) is 9.12. The molecule has 1 aromatic carbocycles. The van der Waals surface area contributed by atoms with Gasteiger partial charge in [0.2, 0.25) is 5.95 Å². The van der Waals surface area contributed by atoms with Crippen molar-refractivity contribution in [3.8, 4) is 0 Å². The van der Waals surface area contributed by atoms with Gasteiger partial charge in [-0.2, -0.15) is 0 Å². The van der Waals surface area contributed by atoms with E-state index >= 15 is 0 Å². The highest BCUT2D eigenvalue weighted by Gasteiger charge is 2.20. The molecular formula is C19H25FN6. The van der Waals surface area contributed by atoms with Crippen molar-refractivity contribution in [3.63, 3.8) is 0 Å². The summed E-state index contributed by atoms with van der Waals surface area (Å²) in [6.45, 7) is 4.30. The Morgan fingerprint density at radius 2 is 1.92 bits per heavy atom. The zero-order chi connectivity index (χ0) is 18.2. The molecule has 1 fully saturated rings. The van der Waals surface area contributed by atoms with Gasteiger partial charge >= 0.3 is 0 Å². The number of nitrogens with zero attached hydrogens (tertiary/aromatic N) is 5. The van der Waals surface area contributed by atoms with Crippen molar-refractivity contribution in [2.75, 3.05) is 44.7 Å². The fraction of sp³-hybridized carbons (Fsp3) is 0.421. The molecule has 0 bridgehead atoms. The molecule has 0 saturated carbocycles. The molecule has 1 aliphatic heterocycles. The van der Waals surface area contributed by atoms with E-state index in [1.807, 2.05) is 19.2 Å². The van der Waals surface area contributed by atoms with Gasteiger partial charge in [0.25, 0.3) is 0 Å². The molecule has 2 heterocycles. The molecule has 7 heteroatoms. The Morgan fingerprint density at radius 1 is 1.15 bits per heavy atom. The lowest BCUT2D eigenvalue weighted by atomic mass is 10.1. The number of aromatic nitrogens is 2. The molecule has 0 radical (unpaired) electrons. The predicted octanol–water partition coefficient (Wildman–Crippen LogP) is 1.95. The van der Waals surface area contributed by atoms with Crippen LogP contribution in [-0.4, -0.2) is 60.6 Å². The number of piperazine rings is 1. The molecular weight excluding hydrogens is 331 g/mol. The van der Waals surface area contributed by atoms with Gasteiger partial charge in [0, 0.05) is 52.2 Å². The van der Waals surface area contributed by atoms with Crippen molar-refractivity contribution in [2.45, 2.75) is 12.8 Å². The SMILES string of the molecule is CN=C(NCCCc1cccc(F)c1)N1CCN(c2ncccn2)CC1. The van der Waals surface area contributed by atoms with E-state index in [2.05, 4.69) is 30.1 Å². The van der Waals surface area contributed by atoms with Crippen LogP contribution in [0.25, 0.3) is 0 Å². The number of halogens is 1. The second-order valence-corrected chi connectivity index (χ2v) is 6.23. The average molecular weight is 356 g/mol. The highest BCUT2D eigenvalue weighted by atomic mass is 19.1. The van der Waals surface area contributed by atoms with Crippen LogP contribution < -0.4 is 10.2 Å². The maximum absolute atomic E-state index is 13.2. The fourth-order valence-corrected chi connectivity index (χ4v) is 3.09. The molecule has 3 rings (SSSR count). The molecule has 1 N–H and O–H groups in total. The molecule has 0 spiro atoms. The van der Waals surface area contributed by atoms with Gasteiger partial charge in [0.1, 0.15) is 5.82 Å². The second-order valence-electron chi connectivity index (χ2n) is 6.23. The Bertz CT molecular complexity index is 713. The first-order valence-electron chi connectivity index (χ1n) is 8.98. The number of nitrogens with one attached hydrogen (secondary N) is 1. The van der Waals surface area contributed by atoms with Crippen molar-refractivity contribution in [1.82, 2.24) is 20.2 Å². The fourth-order valence-electron chi connectivity index (χ4n) is 3.09. The number of aliphatic imine (C=N–C) groups is 1.